The van der Waals surface area contributed by atoms with Gasteiger partial charge in [0.25, 0.3) is 0 Å². The monoisotopic (exact) mass is 260 g/mol. The van der Waals surface area contributed by atoms with Gasteiger partial charge in [0.05, 0.1) is 0 Å². The maximum atomic E-state index is 6.01. The Kier molecular flexibility index (Phi) is 6.70. The lowest BCUT2D eigenvalue weighted by atomic mass is 9.90. The molecule has 1 fully saturated rings. The van der Waals surface area contributed by atoms with E-state index in [2.05, 4.69) is 6.92 Å². The second-order valence-corrected chi connectivity index (χ2v) is 7.59. The van der Waals surface area contributed by atoms with Crippen LogP contribution in [0.15, 0.2) is 0 Å². The van der Waals surface area contributed by atoms with Gasteiger partial charge in [-0.1, -0.05) is 26.2 Å². The summed E-state index contributed by atoms with van der Waals surface area (Å²) in [6.07, 6.45) is 5.11. The van der Waals surface area contributed by atoms with Crippen molar-refractivity contribution in [3.05, 3.63) is 0 Å². The third-order valence-corrected chi connectivity index (χ3v) is 7.44. The van der Waals surface area contributed by atoms with E-state index in [0.717, 1.165) is 0 Å². The Labute approximate surface area is 107 Å². The van der Waals surface area contributed by atoms with Crippen LogP contribution in [0.3, 0.4) is 0 Å². The topological polar surface area (TPSA) is 27.7 Å². The van der Waals surface area contributed by atoms with Crippen molar-refractivity contribution in [2.75, 3.05) is 19.8 Å². The normalized spacial score (nSPS) is 26.1. The summed E-state index contributed by atoms with van der Waals surface area (Å²) in [6, 6.07) is 0. The third-order valence-electron chi connectivity index (χ3n) is 3.60. The first kappa shape index (κ1) is 15.2. The fourth-order valence-electron chi connectivity index (χ4n) is 2.89. The Bertz CT molecular complexity index is 194. The van der Waals surface area contributed by atoms with E-state index in [0.29, 0.717) is 31.3 Å². The van der Waals surface area contributed by atoms with Crippen LogP contribution in [0.4, 0.5) is 0 Å². The zero-order chi connectivity index (χ0) is 12.7. The van der Waals surface area contributed by atoms with E-state index in [-0.39, 0.29) is 0 Å². The summed E-state index contributed by atoms with van der Waals surface area (Å²) in [6.45, 7) is 10.5. The molecule has 1 rings (SSSR count). The molecule has 17 heavy (non-hydrogen) atoms. The van der Waals surface area contributed by atoms with Gasteiger partial charge in [-0.15, -0.1) is 0 Å². The Morgan fingerprint density at radius 1 is 0.882 bits per heavy atom. The van der Waals surface area contributed by atoms with Crippen LogP contribution in [0.2, 0.25) is 5.54 Å². The van der Waals surface area contributed by atoms with Gasteiger partial charge in [-0.05, 0) is 33.1 Å². The zero-order valence-corrected chi connectivity index (χ0v) is 12.8. The molecule has 102 valence electrons. The predicted octanol–water partition coefficient (Wildman–Crippen LogP) is 3.62. The first-order valence-corrected chi connectivity index (χ1v) is 8.92. The van der Waals surface area contributed by atoms with Gasteiger partial charge in [-0.25, -0.2) is 0 Å². The largest absolute Gasteiger partial charge is 0.504 e. The number of hydrogen-bond acceptors (Lipinski definition) is 3. The van der Waals surface area contributed by atoms with Crippen LogP contribution >= 0.6 is 0 Å². The molecule has 0 bridgehead atoms. The summed E-state index contributed by atoms with van der Waals surface area (Å²) in [4.78, 5) is 0. The smallest absolute Gasteiger partial charge is 0.374 e. The minimum atomic E-state index is -2.46. The van der Waals surface area contributed by atoms with Crippen molar-refractivity contribution in [3.63, 3.8) is 0 Å². The van der Waals surface area contributed by atoms with Crippen LogP contribution in [-0.2, 0) is 13.3 Å². The summed E-state index contributed by atoms with van der Waals surface area (Å²) in [5.74, 6) is 0.667. The molecule has 3 nitrogen and oxygen atoms in total. The predicted molar refractivity (Wildman–Crippen MR) is 72.0 cm³/mol. The third kappa shape index (κ3) is 3.78. The molecule has 0 aromatic carbocycles. The van der Waals surface area contributed by atoms with Crippen molar-refractivity contribution in [2.24, 2.45) is 5.92 Å². The summed E-state index contributed by atoms with van der Waals surface area (Å²) < 4.78 is 18.0. The second-order valence-electron chi connectivity index (χ2n) is 4.77. The summed E-state index contributed by atoms with van der Waals surface area (Å²) in [5, 5.41) is 0. The minimum Gasteiger partial charge on any atom is -0.374 e. The van der Waals surface area contributed by atoms with E-state index in [4.69, 9.17) is 13.3 Å². The molecule has 0 radical (unpaired) electrons. The van der Waals surface area contributed by atoms with Gasteiger partial charge in [0.2, 0.25) is 0 Å². The van der Waals surface area contributed by atoms with E-state index in [1.54, 1.807) is 0 Å². The Morgan fingerprint density at radius 2 is 1.35 bits per heavy atom. The first-order chi connectivity index (χ1) is 8.20. The fourth-order valence-corrected chi connectivity index (χ4v) is 6.41. The van der Waals surface area contributed by atoms with Crippen molar-refractivity contribution >= 4 is 8.80 Å². The van der Waals surface area contributed by atoms with E-state index < -0.39 is 8.80 Å². The highest BCUT2D eigenvalue weighted by atomic mass is 28.4. The Balaban J connectivity index is 2.83. The van der Waals surface area contributed by atoms with Gasteiger partial charge >= 0.3 is 8.80 Å². The van der Waals surface area contributed by atoms with Crippen LogP contribution in [0.25, 0.3) is 0 Å². The molecular formula is C13H28O3Si. The standard InChI is InChI=1S/C13H28O3Si/c1-5-14-17(15-6-2,16-7-3)13-11-9-8-10-12(13)4/h12-13H,5-11H2,1-4H3. The molecule has 0 saturated heterocycles. The molecule has 0 heterocycles. The van der Waals surface area contributed by atoms with Crippen molar-refractivity contribution in [1.82, 2.24) is 0 Å². The van der Waals surface area contributed by atoms with Gasteiger partial charge < -0.3 is 13.3 Å². The molecule has 1 saturated carbocycles. The molecular weight excluding hydrogens is 232 g/mol. The molecule has 1 aliphatic rings. The molecule has 4 heteroatoms. The SMILES string of the molecule is CCO[Si](OCC)(OCC)C1CCCCC1C. The molecule has 0 aromatic heterocycles. The maximum Gasteiger partial charge on any atom is 0.504 e. The fraction of sp³-hybridized carbons (Fsp3) is 1.00. The van der Waals surface area contributed by atoms with E-state index >= 15 is 0 Å². The lowest BCUT2D eigenvalue weighted by Crippen LogP contribution is -2.52. The van der Waals surface area contributed by atoms with E-state index in [1.807, 2.05) is 20.8 Å². The van der Waals surface area contributed by atoms with Crippen molar-refractivity contribution in [2.45, 2.75) is 58.9 Å². The van der Waals surface area contributed by atoms with Crippen LogP contribution in [0.5, 0.6) is 0 Å². The molecule has 0 aromatic rings. The van der Waals surface area contributed by atoms with Crippen molar-refractivity contribution in [1.29, 1.82) is 0 Å². The summed E-state index contributed by atoms with van der Waals surface area (Å²) in [5.41, 5.74) is 0.496. The van der Waals surface area contributed by atoms with Crippen LogP contribution in [0.1, 0.15) is 53.4 Å². The van der Waals surface area contributed by atoms with Crippen LogP contribution < -0.4 is 0 Å². The molecule has 1 aliphatic carbocycles. The van der Waals surface area contributed by atoms with Gasteiger partial charge in [0.15, 0.2) is 0 Å². The van der Waals surface area contributed by atoms with E-state index in [9.17, 15) is 0 Å². The Hall–Kier alpha value is 0.0969. The lowest BCUT2D eigenvalue weighted by Gasteiger charge is -2.40. The average molecular weight is 260 g/mol. The molecule has 0 amide bonds. The number of rotatable bonds is 7. The van der Waals surface area contributed by atoms with Gasteiger partial charge in [-0.3, -0.25) is 0 Å². The van der Waals surface area contributed by atoms with Gasteiger partial charge in [0, 0.05) is 25.4 Å². The first-order valence-electron chi connectivity index (χ1n) is 7.12. The molecule has 0 spiro atoms. The van der Waals surface area contributed by atoms with Crippen molar-refractivity contribution < 1.29 is 13.3 Å². The summed E-state index contributed by atoms with van der Waals surface area (Å²) >= 11 is 0. The molecule has 2 atom stereocenters. The van der Waals surface area contributed by atoms with Gasteiger partial charge in [-0.2, -0.15) is 0 Å². The average Bonchev–Trinajstić information content (AvgIpc) is 2.30. The van der Waals surface area contributed by atoms with Crippen LogP contribution in [-0.4, -0.2) is 28.6 Å². The highest BCUT2D eigenvalue weighted by molar-refractivity contribution is 6.62. The van der Waals surface area contributed by atoms with E-state index in [1.165, 1.54) is 25.7 Å². The summed E-state index contributed by atoms with van der Waals surface area (Å²) in [7, 11) is -2.46. The molecule has 0 N–H and O–H groups in total. The Morgan fingerprint density at radius 3 is 1.76 bits per heavy atom. The highest BCUT2D eigenvalue weighted by Crippen LogP contribution is 2.42. The van der Waals surface area contributed by atoms with Gasteiger partial charge in [0.1, 0.15) is 0 Å². The minimum absolute atomic E-state index is 0.496. The van der Waals surface area contributed by atoms with Crippen molar-refractivity contribution in [3.8, 4) is 0 Å². The molecule has 2 unspecified atom stereocenters. The maximum absolute atomic E-state index is 6.01. The highest BCUT2D eigenvalue weighted by Gasteiger charge is 2.51. The molecule has 0 aliphatic heterocycles. The van der Waals surface area contributed by atoms with Crippen LogP contribution in [0, 0.1) is 5.92 Å². The second kappa shape index (κ2) is 7.51. The lowest BCUT2D eigenvalue weighted by molar-refractivity contribution is 0.0490. The quantitative estimate of drug-likeness (QED) is 0.654. The number of hydrogen-bond donors (Lipinski definition) is 0. The zero-order valence-electron chi connectivity index (χ0n) is 11.8.